The largest absolute Gasteiger partial charge is 0.497 e. The van der Waals surface area contributed by atoms with Crippen molar-refractivity contribution in [3.63, 3.8) is 0 Å². The summed E-state index contributed by atoms with van der Waals surface area (Å²) >= 11 is 0. The third kappa shape index (κ3) is 7.02. The molecular weight excluding hydrogens is 376 g/mol. The number of methoxy groups -OCH3 is 2. The number of anilines is 2. The highest BCUT2D eigenvalue weighted by Crippen LogP contribution is 2.25. The molecule has 0 fully saturated rings. The molecule has 0 radical (unpaired) electrons. The molecule has 0 aliphatic rings. The van der Waals surface area contributed by atoms with Gasteiger partial charge < -0.3 is 24.8 Å². The van der Waals surface area contributed by atoms with Crippen LogP contribution >= 0.6 is 0 Å². The van der Waals surface area contributed by atoms with Gasteiger partial charge in [-0.05, 0) is 42.5 Å². The Bertz CT molecular complexity index is 923. The molecular formula is C21H22N2O6. The van der Waals surface area contributed by atoms with E-state index in [2.05, 4.69) is 10.6 Å². The molecule has 8 heteroatoms. The summed E-state index contributed by atoms with van der Waals surface area (Å²) in [7, 11) is 3.05. The molecule has 2 N–H and O–H groups in total. The molecule has 29 heavy (non-hydrogen) atoms. The number of benzene rings is 2. The Morgan fingerprint density at radius 3 is 2.34 bits per heavy atom. The van der Waals surface area contributed by atoms with E-state index in [1.165, 1.54) is 33.3 Å². The summed E-state index contributed by atoms with van der Waals surface area (Å²) in [6.45, 7) is 0.933. The molecule has 0 saturated heterocycles. The summed E-state index contributed by atoms with van der Waals surface area (Å²) < 4.78 is 15.3. The lowest BCUT2D eigenvalue weighted by Crippen LogP contribution is -2.20. The van der Waals surface area contributed by atoms with Crippen LogP contribution in [0.25, 0.3) is 6.08 Å². The fourth-order valence-corrected chi connectivity index (χ4v) is 2.39. The highest BCUT2D eigenvalue weighted by Gasteiger charge is 2.08. The lowest BCUT2D eigenvalue weighted by Gasteiger charge is -2.08. The summed E-state index contributed by atoms with van der Waals surface area (Å²) in [5.41, 5.74) is 1.64. The van der Waals surface area contributed by atoms with Gasteiger partial charge in [-0.2, -0.15) is 0 Å². The number of hydrogen-bond acceptors (Lipinski definition) is 6. The molecule has 0 bridgehead atoms. The van der Waals surface area contributed by atoms with Gasteiger partial charge in [0.15, 0.2) is 6.61 Å². The number of ether oxygens (including phenoxy) is 3. The number of amides is 2. The normalized spacial score (nSPS) is 10.3. The van der Waals surface area contributed by atoms with Crippen LogP contribution in [0.4, 0.5) is 11.4 Å². The zero-order valence-electron chi connectivity index (χ0n) is 16.4. The van der Waals surface area contributed by atoms with E-state index in [-0.39, 0.29) is 5.91 Å². The van der Waals surface area contributed by atoms with Gasteiger partial charge in [0.1, 0.15) is 11.5 Å². The second-order valence-corrected chi connectivity index (χ2v) is 5.86. The zero-order chi connectivity index (χ0) is 21.2. The van der Waals surface area contributed by atoms with Gasteiger partial charge in [-0.3, -0.25) is 9.59 Å². The van der Waals surface area contributed by atoms with E-state index < -0.39 is 18.5 Å². The number of nitrogens with one attached hydrogen (secondary N) is 2. The molecule has 8 nitrogen and oxygen atoms in total. The van der Waals surface area contributed by atoms with Crippen LogP contribution in [0.5, 0.6) is 11.5 Å². The number of carbonyl (C=O) groups is 3. The summed E-state index contributed by atoms with van der Waals surface area (Å²) in [5, 5.41) is 5.20. The highest BCUT2D eigenvalue weighted by molar-refractivity contribution is 5.96. The topological polar surface area (TPSA) is 103 Å². The second-order valence-electron chi connectivity index (χ2n) is 5.86. The molecule has 2 aromatic carbocycles. The van der Waals surface area contributed by atoms with Crippen molar-refractivity contribution in [2.75, 3.05) is 31.5 Å². The fourth-order valence-electron chi connectivity index (χ4n) is 2.39. The van der Waals surface area contributed by atoms with Crippen molar-refractivity contribution in [1.29, 1.82) is 0 Å². The molecule has 0 aliphatic carbocycles. The maximum absolute atomic E-state index is 12.0. The van der Waals surface area contributed by atoms with Crippen LogP contribution < -0.4 is 20.1 Å². The van der Waals surface area contributed by atoms with E-state index in [1.54, 1.807) is 42.5 Å². The minimum absolute atomic E-state index is 0.220. The smallest absolute Gasteiger partial charge is 0.331 e. The van der Waals surface area contributed by atoms with Crippen molar-refractivity contribution >= 4 is 35.2 Å². The first kappa shape index (κ1) is 21.5. The van der Waals surface area contributed by atoms with E-state index in [0.717, 1.165) is 0 Å². The Labute approximate surface area is 168 Å². The Morgan fingerprint density at radius 2 is 1.69 bits per heavy atom. The first-order valence-corrected chi connectivity index (χ1v) is 8.65. The molecule has 0 atom stereocenters. The first-order chi connectivity index (χ1) is 13.9. The predicted octanol–water partition coefficient (Wildman–Crippen LogP) is 2.86. The molecule has 2 amide bonds. The van der Waals surface area contributed by atoms with Gasteiger partial charge in [0, 0.05) is 29.9 Å². The van der Waals surface area contributed by atoms with Crippen LogP contribution in [0.1, 0.15) is 12.5 Å². The van der Waals surface area contributed by atoms with E-state index in [0.29, 0.717) is 28.4 Å². The molecule has 2 rings (SSSR count). The Hall–Kier alpha value is -3.81. The molecule has 0 saturated carbocycles. The summed E-state index contributed by atoms with van der Waals surface area (Å²) in [4.78, 5) is 35.0. The Kier molecular flexibility index (Phi) is 7.78. The SMILES string of the molecule is COc1ccc(OC)c(/C=C/C(=O)OCC(=O)Nc2cccc(NC(C)=O)c2)c1. The first-order valence-electron chi connectivity index (χ1n) is 8.65. The van der Waals surface area contributed by atoms with Gasteiger partial charge in [0.25, 0.3) is 5.91 Å². The third-order valence-electron chi connectivity index (χ3n) is 3.65. The molecule has 0 heterocycles. The van der Waals surface area contributed by atoms with Crippen LogP contribution in [-0.4, -0.2) is 38.6 Å². The quantitative estimate of drug-likeness (QED) is 0.524. The van der Waals surface area contributed by atoms with Crippen molar-refractivity contribution in [3.05, 3.63) is 54.1 Å². The summed E-state index contributed by atoms with van der Waals surface area (Å²) in [5.74, 6) is -0.240. The van der Waals surface area contributed by atoms with E-state index >= 15 is 0 Å². The van der Waals surface area contributed by atoms with Crippen molar-refractivity contribution < 1.29 is 28.6 Å². The average molecular weight is 398 g/mol. The summed E-state index contributed by atoms with van der Waals surface area (Å²) in [6.07, 6.45) is 2.71. The number of carbonyl (C=O) groups excluding carboxylic acids is 3. The van der Waals surface area contributed by atoms with Gasteiger partial charge >= 0.3 is 5.97 Å². The van der Waals surface area contributed by atoms with Crippen molar-refractivity contribution in [1.82, 2.24) is 0 Å². The van der Waals surface area contributed by atoms with Crippen molar-refractivity contribution in [2.24, 2.45) is 0 Å². The summed E-state index contributed by atoms with van der Waals surface area (Å²) in [6, 6.07) is 11.8. The number of rotatable bonds is 8. The van der Waals surface area contributed by atoms with Gasteiger partial charge in [-0.25, -0.2) is 4.79 Å². The van der Waals surface area contributed by atoms with Crippen molar-refractivity contribution in [3.8, 4) is 11.5 Å². The monoisotopic (exact) mass is 398 g/mol. The predicted molar refractivity (Wildman–Crippen MR) is 109 cm³/mol. The van der Waals surface area contributed by atoms with Crippen LogP contribution in [0, 0.1) is 0 Å². The van der Waals surface area contributed by atoms with Crippen LogP contribution in [0.15, 0.2) is 48.5 Å². The minimum Gasteiger partial charge on any atom is -0.497 e. The molecule has 2 aromatic rings. The van der Waals surface area contributed by atoms with Gasteiger partial charge in [0.05, 0.1) is 14.2 Å². The van der Waals surface area contributed by atoms with E-state index in [9.17, 15) is 14.4 Å². The second kappa shape index (κ2) is 10.5. The highest BCUT2D eigenvalue weighted by atomic mass is 16.5. The van der Waals surface area contributed by atoms with Crippen LogP contribution in [-0.2, 0) is 19.1 Å². The van der Waals surface area contributed by atoms with Crippen molar-refractivity contribution in [2.45, 2.75) is 6.92 Å². The van der Waals surface area contributed by atoms with Crippen LogP contribution in [0.3, 0.4) is 0 Å². The lowest BCUT2D eigenvalue weighted by atomic mass is 10.1. The lowest BCUT2D eigenvalue weighted by molar-refractivity contribution is -0.142. The molecule has 0 aliphatic heterocycles. The minimum atomic E-state index is -0.683. The van der Waals surface area contributed by atoms with Gasteiger partial charge in [0.2, 0.25) is 5.91 Å². The zero-order valence-corrected chi connectivity index (χ0v) is 16.4. The van der Waals surface area contributed by atoms with E-state index in [1.807, 2.05) is 0 Å². The van der Waals surface area contributed by atoms with E-state index in [4.69, 9.17) is 14.2 Å². The standard InChI is InChI=1S/C21H22N2O6/c1-14(24)22-16-5-4-6-17(12-16)23-20(25)13-29-21(26)10-7-15-11-18(27-2)8-9-19(15)28-3/h4-12H,13H2,1-3H3,(H,22,24)(H,23,25)/b10-7+. The fraction of sp³-hybridized carbons (Fsp3) is 0.190. The maximum atomic E-state index is 12.0. The average Bonchev–Trinajstić information content (AvgIpc) is 2.70. The molecule has 0 aromatic heterocycles. The Morgan fingerprint density at radius 1 is 0.966 bits per heavy atom. The van der Waals surface area contributed by atoms with Gasteiger partial charge in [-0.15, -0.1) is 0 Å². The van der Waals surface area contributed by atoms with Gasteiger partial charge in [-0.1, -0.05) is 6.07 Å². The molecule has 152 valence electrons. The maximum Gasteiger partial charge on any atom is 0.331 e. The molecule has 0 unspecified atom stereocenters. The third-order valence-corrected chi connectivity index (χ3v) is 3.65. The van der Waals surface area contributed by atoms with Crippen LogP contribution in [0.2, 0.25) is 0 Å². The molecule has 0 spiro atoms. The number of hydrogen-bond donors (Lipinski definition) is 2. The Balaban J connectivity index is 1.90. The number of esters is 1.